The molecule has 2 aromatic heterocycles. The van der Waals surface area contributed by atoms with Crippen LogP contribution >= 0.6 is 0 Å². The number of aliphatic hydroxyl groups excluding tert-OH is 1. The van der Waals surface area contributed by atoms with Gasteiger partial charge in [-0.25, -0.2) is 22.0 Å². The van der Waals surface area contributed by atoms with Gasteiger partial charge in [-0.3, -0.25) is 0 Å². The molecule has 0 amide bonds. The van der Waals surface area contributed by atoms with Gasteiger partial charge in [-0.2, -0.15) is 0 Å². The molecule has 4 rings (SSSR count). The lowest BCUT2D eigenvalue weighted by atomic mass is 9.91. The van der Waals surface area contributed by atoms with Crippen molar-refractivity contribution in [3.63, 3.8) is 0 Å². The smallest absolute Gasteiger partial charge is 0.200 e. The van der Waals surface area contributed by atoms with Gasteiger partial charge in [0.1, 0.15) is 6.10 Å². The van der Waals surface area contributed by atoms with E-state index in [4.69, 9.17) is 0 Å². The average Bonchev–Trinajstić information content (AvgIpc) is 3.46. The Morgan fingerprint density at radius 2 is 1.23 bits per heavy atom. The first-order valence-corrected chi connectivity index (χ1v) is 8.96. The Morgan fingerprint density at radius 3 is 1.83 bits per heavy atom. The van der Waals surface area contributed by atoms with E-state index in [0.29, 0.717) is 11.3 Å². The summed E-state index contributed by atoms with van der Waals surface area (Å²) in [7, 11) is 0. The van der Waals surface area contributed by atoms with Gasteiger partial charge in [-0.15, -0.1) is 0 Å². The number of nitrogens with one attached hydrogen (secondary N) is 2. The Labute approximate surface area is 167 Å². The van der Waals surface area contributed by atoms with E-state index in [-0.39, 0.29) is 11.4 Å². The molecular weight excluding hydrogens is 403 g/mol. The molecular formula is C22H15F5N2O. The maximum Gasteiger partial charge on any atom is 0.200 e. The molecule has 2 aromatic carbocycles. The van der Waals surface area contributed by atoms with Gasteiger partial charge in [0.2, 0.25) is 5.82 Å². The van der Waals surface area contributed by atoms with Crippen molar-refractivity contribution >= 4 is 0 Å². The predicted molar refractivity (Wildman–Crippen MR) is 99.3 cm³/mol. The zero-order valence-electron chi connectivity index (χ0n) is 15.3. The number of hydrogen-bond acceptors (Lipinski definition) is 1. The zero-order valence-corrected chi connectivity index (χ0v) is 15.3. The van der Waals surface area contributed by atoms with E-state index in [0.717, 1.165) is 0 Å². The summed E-state index contributed by atoms with van der Waals surface area (Å²) in [5.41, 5.74) is 0.234. The van der Waals surface area contributed by atoms with Gasteiger partial charge in [-0.1, -0.05) is 30.3 Å². The molecule has 0 aliphatic rings. The first-order valence-electron chi connectivity index (χ1n) is 8.96. The molecule has 0 radical (unpaired) electrons. The Hall–Kier alpha value is -3.39. The highest BCUT2D eigenvalue weighted by atomic mass is 19.2. The number of aliphatic hydroxyl groups is 1. The van der Waals surface area contributed by atoms with E-state index in [1.807, 2.05) is 0 Å². The second-order valence-corrected chi connectivity index (χ2v) is 6.72. The van der Waals surface area contributed by atoms with Gasteiger partial charge in [0.15, 0.2) is 23.3 Å². The van der Waals surface area contributed by atoms with Crippen molar-refractivity contribution in [3.8, 4) is 0 Å². The summed E-state index contributed by atoms with van der Waals surface area (Å²) < 4.78 is 70.4. The molecule has 3 N–H and O–H groups in total. The van der Waals surface area contributed by atoms with Crippen molar-refractivity contribution < 1.29 is 27.1 Å². The summed E-state index contributed by atoms with van der Waals surface area (Å²) in [6, 6.07) is 14.6. The van der Waals surface area contributed by atoms with Crippen molar-refractivity contribution in [3.05, 3.63) is 118 Å². The van der Waals surface area contributed by atoms with Crippen LogP contribution < -0.4 is 0 Å². The minimum absolute atomic E-state index is 0.144. The van der Waals surface area contributed by atoms with Crippen LogP contribution in [0.5, 0.6) is 0 Å². The first-order chi connectivity index (χ1) is 14.4. The molecule has 0 saturated carbocycles. The van der Waals surface area contributed by atoms with E-state index in [2.05, 4.69) is 9.97 Å². The lowest BCUT2D eigenvalue weighted by Crippen LogP contribution is -2.14. The van der Waals surface area contributed by atoms with Crippen LogP contribution in [0.4, 0.5) is 22.0 Å². The topological polar surface area (TPSA) is 51.8 Å². The molecule has 0 aliphatic carbocycles. The largest absolute Gasteiger partial charge is 0.382 e. The number of aromatic nitrogens is 2. The Balaban J connectivity index is 1.85. The van der Waals surface area contributed by atoms with Crippen LogP contribution in [0.1, 0.15) is 40.2 Å². The first kappa shape index (κ1) is 19.9. The fourth-order valence-corrected chi connectivity index (χ4v) is 3.45. The van der Waals surface area contributed by atoms with E-state index in [1.165, 1.54) is 30.5 Å². The molecule has 2 unspecified atom stereocenters. The highest BCUT2D eigenvalue weighted by Crippen LogP contribution is 2.37. The third-order valence-corrected chi connectivity index (χ3v) is 4.92. The second-order valence-electron chi connectivity index (χ2n) is 6.72. The SMILES string of the molecule is OC(c1ccccc1)c1ccc(C(c2ccc[nH]2)c2c(F)c(F)c(F)c(F)c2F)[nH]1. The molecule has 3 nitrogen and oxygen atoms in total. The average molecular weight is 418 g/mol. The summed E-state index contributed by atoms with van der Waals surface area (Å²) in [4.78, 5) is 5.62. The molecule has 0 bridgehead atoms. The minimum Gasteiger partial charge on any atom is -0.382 e. The van der Waals surface area contributed by atoms with Crippen LogP contribution in [0.15, 0.2) is 60.8 Å². The molecule has 0 aliphatic heterocycles. The van der Waals surface area contributed by atoms with Gasteiger partial charge in [0.05, 0.1) is 5.92 Å². The Bertz CT molecular complexity index is 1140. The van der Waals surface area contributed by atoms with Crippen molar-refractivity contribution in [2.75, 3.05) is 0 Å². The maximum absolute atomic E-state index is 14.6. The van der Waals surface area contributed by atoms with Crippen molar-refractivity contribution in [2.45, 2.75) is 12.0 Å². The molecule has 0 spiro atoms. The highest BCUT2D eigenvalue weighted by molar-refractivity contribution is 5.42. The fraction of sp³-hybridized carbons (Fsp3) is 0.0909. The number of aromatic amines is 2. The number of rotatable bonds is 5. The fourth-order valence-electron chi connectivity index (χ4n) is 3.45. The zero-order chi connectivity index (χ0) is 21.4. The van der Waals surface area contributed by atoms with Crippen molar-refractivity contribution in [2.24, 2.45) is 0 Å². The van der Waals surface area contributed by atoms with Gasteiger partial charge >= 0.3 is 0 Å². The molecule has 0 saturated heterocycles. The number of H-pyrrole nitrogens is 2. The Kier molecular flexibility index (Phi) is 5.17. The van der Waals surface area contributed by atoms with Crippen LogP contribution in [-0.4, -0.2) is 15.1 Å². The Morgan fingerprint density at radius 1 is 0.633 bits per heavy atom. The molecule has 4 aromatic rings. The highest BCUT2D eigenvalue weighted by Gasteiger charge is 2.33. The van der Waals surface area contributed by atoms with Gasteiger partial charge in [-0.05, 0) is 29.8 Å². The lowest BCUT2D eigenvalue weighted by molar-refractivity contribution is 0.216. The van der Waals surface area contributed by atoms with E-state index in [9.17, 15) is 27.1 Å². The van der Waals surface area contributed by atoms with Crippen LogP contribution in [0, 0.1) is 29.1 Å². The third-order valence-electron chi connectivity index (χ3n) is 4.92. The number of benzene rings is 2. The van der Waals surface area contributed by atoms with Crippen LogP contribution in [0.3, 0.4) is 0 Å². The summed E-state index contributed by atoms with van der Waals surface area (Å²) in [5.74, 6) is -11.4. The summed E-state index contributed by atoms with van der Waals surface area (Å²) in [6.07, 6.45) is 0.400. The van der Waals surface area contributed by atoms with Crippen LogP contribution in [0.25, 0.3) is 0 Å². The standard InChI is InChI=1S/C22H15F5N2O/c23-17-16(18(24)20(26)21(27)19(17)25)15(12-7-4-10-28-12)13-8-9-14(29-13)22(30)11-5-2-1-3-6-11/h1-10,15,22,28-30H. The van der Waals surface area contributed by atoms with Crippen LogP contribution in [-0.2, 0) is 0 Å². The van der Waals surface area contributed by atoms with Gasteiger partial charge in [0.25, 0.3) is 0 Å². The molecule has 30 heavy (non-hydrogen) atoms. The van der Waals surface area contributed by atoms with Crippen molar-refractivity contribution in [1.29, 1.82) is 0 Å². The molecule has 8 heteroatoms. The molecule has 154 valence electrons. The summed E-state index contributed by atoms with van der Waals surface area (Å²) in [6.45, 7) is 0. The molecule has 2 heterocycles. The lowest BCUT2D eigenvalue weighted by Gasteiger charge is -2.18. The predicted octanol–water partition coefficient (Wildman–Crippen LogP) is 5.30. The monoisotopic (exact) mass is 418 g/mol. The second kappa shape index (κ2) is 7.79. The molecule has 2 atom stereocenters. The maximum atomic E-state index is 14.6. The van der Waals surface area contributed by atoms with Gasteiger partial charge in [0, 0.05) is 28.8 Å². The van der Waals surface area contributed by atoms with Crippen LogP contribution in [0.2, 0.25) is 0 Å². The quantitative estimate of drug-likeness (QED) is 0.230. The molecule has 0 fully saturated rings. The third kappa shape index (κ3) is 3.29. The van der Waals surface area contributed by atoms with E-state index < -0.39 is 46.7 Å². The summed E-state index contributed by atoms with van der Waals surface area (Å²) in [5, 5.41) is 10.6. The van der Waals surface area contributed by atoms with E-state index in [1.54, 1.807) is 30.3 Å². The summed E-state index contributed by atoms with van der Waals surface area (Å²) >= 11 is 0. The van der Waals surface area contributed by atoms with Crippen molar-refractivity contribution in [1.82, 2.24) is 9.97 Å². The normalized spacial score (nSPS) is 13.4. The number of halogens is 5. The van der Waals surface area contributed by atoms with Gasteiger partial charge < -0.3 is 15.1 Å². The number of hydrogen-bond donors (Lipinski definition) is 3. The van der Waals surface area contributed by atoms with E-state index >= 15 is 0 Å². The minimum atomic E-state index is -2.22.